The van der Waals surface area contributed by atoms with Crippen molar-refractivity contribution in [3.05, 3.63) is 24.0 Å². The highest BCUT2D eigenvalue weighted by Crippen LogP contribution is 2.28. The fourth-order valence-corrected chi connectivity index (χ4v) is 1.71. The minimum absolute atomic E-state index is 0.169. The number of aryl methyl sites for hydroxylation is 1. The summed E-state index contributed by atoms with van der Waals surface area (Å²) in [5, 5.41) is 0.213. The highest BCUT2D eigenvalue weighted by Gasteiger charge is 2.21. The molecular formula is C13H21ClN2. The van der Waals surface area contributed by atoms with E-state index in [1.807, 2.05) is 12.3 Å². The molecule has 3 heteroatoms. The van der Waals surface area contributed by atoms with Crippen LogP contribution in [0.15, 0.2) is 18.5 Å². The fourth-order valence-electron chi connectivity index (χ4n) is 1.55. The quantitative estimate of drug-likeness (QED) is 0.817. The molecule has 0 bridgehead atoms. The number of nitrogens with zero attached hydrogens (tertiary/aromatic N) is 1. The maximum atomic E-state index is 6.32. The molecule has 0 aliphatic heterocycles. The number of alkyl halides is 1. The molecule has 0 spiro atoms. The van der Waals surface area contributed by atoms with Gasteiger partial charge in [-0.15, -0.1) is 11.6 Å². The van der Waals surface area contributed by atoms with Crippen LogP contribution in [0.4, 0.5) is 5.69 Å². The first-order valence-electron chi connectivity index (χ1n) is 5.73. The van der Waals surface area contributed by atoms with E-state index in [1.165, 1.54) is 0 Å². The molecule has 1 aromatic heterocycles. The van der Waals surface area contributed by atoms with Gasteiger partial charge in [0.2, 0.25) is 0 Å². The van der Waals surface area contributed by atoms with E-state index in [0.717, 1.165) is 30.5 Å². The predicted octanol–water partition coefficient (Wildman–Crippen LogP) is 3.64. The molecule has 1 atom stereocenters. The van der Waals surface area contributed by atoms with Crippen molar-refractivity contribution in [3.63, 3.8) is 0 Å². The van der Waals surface area contributed by atoms with Crippen molar-refractivity contribution in [2.24, 2.45) is 5.41 Å². The molecule has 0 fully saturated rings. The standard InChI is InChI=1S/C13H21ClN2/c1-13(2,3)12(14)6-4-5-10-9-16-8-7-11(10)15/h7-9,12H,4-6H2,1-3H3,(H2,15,16). The number of nitrogens with two attached hydrogens (primary N) is 1. The zero-order valence-electron chi connectivity index (χ0n) is 10.3. The molecular weight excluding hydrogens is 220 g/mol. The molecule has 0 saturated carbocycles. The summed E-state index contributed by atoms with van der Waals surface area (Å²) < 4.78 is 0. The van der Waals surface area contributed by atoms with Crippen LogP contribution < -0.4 is 5.73 Å². The Bertz CT molecular complexity index is 331. The third-order valence-corrected chi connectivity index (χ3v) is 3.66. The molecule has 1 heterocycles. The maximum Gasteiger partial charge on any atom is 0.0384 e. The zero-order valence-corrected chi connectivity index (χ0v) is 11.1. The zero-order chi connectivity index (χ0) is 12.2. The van der Waals surface area contributed by atoms with Gasteiger partial charge in [0.05, 0.1) is 0 Å². The maximum absolute atomic E-state index is 6.32. The van der Waals surface area contributed by atoms with Crippen molar-refractivity contribution in [1.82, 2.24) is 4.98 Å². The summed E-state index contributed by atoms with van der Waals surface area (Å²) in [6, 6.07) is 1.84. The molecule has 16 heavy (non-hydrogen) atoms. The van der Waals surface area contributed by atoms with Crippen LogP contribution in [0.25, 0.3) is 0 Å². The van der Waals surface area contributed by atoms with Crippen LogP contribution in [0, 0.1) is 5.41 Å². The average Bonchev–Trinajstić information content (AvgIpc) is 2.19. The Labute approximate surface area is 103 Å². The topological polar surface area (TPSA) is 38.9 Å². The lowest BCUT2D eigenvalue weighted by atomic mass is 9.88. The Morgan fingerprint density at radius 2 is 2.12 bits per heavy atom. The summed E-state index contributed by atoms with van der Waals surface area (Å²) in [7, 11) is 0. The van der Waals surface area contributed by atoms with Gasteiger partial charge in [0.1, 0.15) is 0 Å². The van der Waals surface area contributed by atoms with Crippen LogP contribution in [0.1, 0.15) is 39.2 Å². The number of rotatable bonds is 4. The van der Waals surface area contributed by atoms with Crippen LogP contribution in [0.5, 0.6) is 0 Å². The molecule has 0 aliphatic rings. The smallest absolute Gasteiger partial charge is 0.0384 e. The van der Waals surface area contributed by atoms with Crippen LogP contribution >= 0.6 is 11.6 Å². The van der Waals surface area contributed by atoms with Crippen molar-refractivity contribution in [1.29, 1.82) is 0 Å². The molecule has 90 valence electrons. The van der Waals surface area contributed by atoms with E-state index in [0.29, 0.717) is 0 Å². The first-order valence-corrected chi connectivity index (χ1v) is 6.17. The Hall–Kier alpha value is -0.760. The van der Waals surface area contributed by atoms with Crippen LogP contribution in [0.3, 0.4) is 0 Å². The molecule has 1 aromatic rings. The first-order chi connectivity index (χ1) is 7.41. The van der Waals surface area contributed by atoms with Crippen molar-refractivity contribution < 1.29 is 0 Å². The lowest BCUT2D eigenvalue weighted by Gasteiger charge is -2.25. The molecule has 0 amide bonds. The second kappa shape index (κ2) is 5.53. The summed E-state index contributed by atoms with van der Waals surface area (Å²) in [5.41, 5.74) is 7.97. The van der Waals surface area contributed by atoms with Gasteiger partial charge in [-0.05, 0) is 36.3 Å². The lowest BCUT2D eigenvalue weighted by molar-refractivity contribution is 0.369. The second-order valence-electron chi connectivity index (χ2n) is 5.30. The van der Waals surface area contributed by atoms with E-state index in [4.69, 9.17) is 17.3 Å². The number of hydrogen-bond donors (Lipinski definition) is 1. The summed E-state index contributed by atoms with van der Waals surface area (Å²) in [5.74, 6) is 0. The van der Waals surface area contributed by atoms with Crippen molar-refractivity contribution >= 4 is 17.3 Å². The number of hydrogen-bond acceptors (Lipinski definition) is 2. The first kappa shape index (κ1) is 13.3. The highest BCUT2D eigenvalue weighted by atomic mass is 35.5. The SMILES string of the molecule is CC(C)(C)C(Cl)CCCc1cnccc1N. The molecule has 0 saturated heterocycles. The normalized spacial score (nSPS) is 13.8. The molecule has 0 aliphatic carbocycles. The van der Waals surface area contributed by atoms with Crippen LogP contribution in [-0.2, 0) is 6.42 Å². The van der Waals surface area contributed by atoms with Crippen molar-refractivity contribution in [2.75, 3.05) is 5.73 Å². The molecule has 2 N–H and O–H groups in total. The average molecular weight is 241 g/mol. The third kappa shape index (κ3) is 4.01. The highest BCUT2D eigenvalue weighted by molar-refractivity contribution is 6.21. The van der Waals surface area contributed by atoms with E-state index in [9.17, 15) is 0 Å². The Kier molecular flexibility index (Phi) is 4.60. The van der Waals surface area contributed by atoms with E-state index < -0.39 is 0 Å². The number of nitrogen functional groups attached to an aromatic ring is 1. The van der Waals surface area contributed by atoms with Gasteiger partial charge in [-0.25, -0.2) is 0 Å². The van der Waals surface area contributed by atoms with Gasteiger partial charge < -0.3 is 5.73 Å². The van der Waals surface area contributed by atoms with E-state index in [1.54, 1.807) is 6.20 Å². The number of anilines is 1. The molecule has 0 aromatic carbocycles. The summed E-state index contributed by atoms with van der Waals surface area (Å²) in [4.78, 5) is 4.08. The van der Waals surface area contributed by atoms with Gasteiger partial charge in [-0.3, -0.25) is 4.98 Å². The van der Waals surface area contributed by atoms with Gasteiger partial charge >= 0.3 is 0 Å². The lowest BCUT2D eigenvalue weighted by Crippen LogP contribution is -2.20. The minimum atomic E-state index is 0.169. The van der Waals surface area contributed by atoms with Crippen LogP contribution in [-0.4, -0.2) is 10.4 Å². The van der Waals surface area contributed by atoms with E-state index in [-0.39, 0.29) is 10.8 Å². The Morgan fingerprint density at radius 3 is 2.69 bits per heavy atom. The predicted molar refractivity (Wildman–Crippen MR) is 70.7 cm³/mol. The minimum Gasteiger partial charge on any atom is -0.398 e. The third-order valence-electron chi connectivity index (χ3n) is 2.78. The molecule has 0 radical (unpaired) electrons. The molecule has 2 nitrogen and oxygen atoms in total. The molecule has 1 rings (SSSR count). The number of pyridine rings is 1. The van der Waals surface area contributed by atoms with E-state index in [2.05, 4.69) is 25.8 Å². The summed E-state index contributed by atoms with van der Waals surface area (Å²) in [6.07, 6.45) is 6.59. The fraction of sp³-hybridized carbons (Fsp3) is 0.615. The van der Waals surface area contributed by atoms with Crippen LogP contribution in [0.2, 0.25) is 0 Å². The van der Waals surface area contributed by atoms with Gasteiger partial charge in [0, 0.05) is 23.5 Å². The second-order valence-corrected chi connectivity index (χ2v) is 5.83. The monoisotopic (exact) mass is 240 g/mol. The summed E-state index contributed by atoms with van der Waals surface area (Å²) in [6.45, 7) is 6.51. The van der Waals surface area contributed by atoms with Gasteiger partial charge in [0.15, 0.2) is 0 Å². The van der Waals surface area contributed by atoms with Gasteiger partial charge in [0.25, 0.3) is 0 Å². The van der Waals surface area contributed by atoms with Crippen molar-refractivity contribution in [3.8, 4) is 0 Å². The number of halogens is 1. The Balaban J connectivity index is 2.40. The summed E-state index contributed by atoms with van der Waals surface area (Å²) >= 11 is 6.32. The van der Waals surface area contributed by atoms with E-state index >= 15 is 0 Å². The van der Waals surface area contributed by atoms with Gasteiger partial charge in [-0.1, -0.05) is 20.8 Å². The van der Waals surface area contributed by atoms with Gasteiger partial charge in [-0.2, -0.15) is 0 Å². The largest absolute Gasteiger partial charge is 0.398 e. The van der Waals surface area contributed by atoms with Crippen molar-refractivity contribution in [2.45, 2.75) is 45.4 Å². The molecule has 1 unspecified atom stereocenters. The Morgan fingerprint density at radius 1 is 1.44 bits per heavy atom. The number of aromatic nitrogens is 1.